The number of hydrogen-bond donors (Lipinski definition) is 1. The first-order valence-electron chi connectivity index (χ1n) is 9.91. The summed E-state index contributed by atoms with van der Waals surface area (Å²) in [6.45, 7) is 1.08. The lowest BCUT2D eigenvalue weighted by Crippen LogP contribution is -2.30. The number of methoxy groups -OCH3 is 2. The summed E-state index contributed by atoms with van der Waals surface area (Å²) in [5, 5.41) is 3.06. The van der Waals surface area contributed by atoms with Crippen molar-refractivity contribution >= 4 is 29.6 Å². The Hall–Kier alpha value is -3.39. The molecule has 0 aromatic heterocycles. The summed E-state index contributed by atoms with van der Waals surface area (Å²) < 4.78 is 26.4. The van der Waals surface area contributed by atoms with Crippen LogP contribution in [0.5, 0.6) is 23.0 Å². The molecule has 0 radical (unpaired) electrons. The lowest BCUT2D eigenvalue weighted by Gasteiger charge is -2.18. The summed E-state index contributed by atoms with van der Waals surface area (Å²) >= 11 is 6.14. The zero-order chi connectivity index (χ0) is 22.9. The van der Waals surface area contributed by atoms with Gasteiger partial charge in [-0.3, -0.25) is 4.79 Å². The molecule has 1 aliphatic rings. The SMILES string of the molecule is COc1cc(/C=C\C(=O)OCC(=O)NCCc2ccc3c(c2)OCCO3)cc(Cl)c1OC. The van der Waals surface area contributed by atoms with Crippen LogP contribution >= 0.6 is 11.6 Å². The second-order valence-corrected chi connectivity index (χ2v) is 7.16. The molecule has 8 nitrogen and oxygen atoms in total. The van der Waals surface area contributed by atoms with Gasteiger partial charge >= 0.3 is 5.97 Å². The van der Waals surface area contributed by atoms with Gasteiger partial charge in [-0.05, 0) is 47.9 Å². The van der Waals surface area contributed by atoms with Crippen molar-refractivity contribution in [3.63, 3.8) is 0 Å². The van der Waals surface area contributed by atoms with E-state index in [1.54, 1.807) is 12.1 Å². The molecule has 3 rings (SSSR count). The van der Waals surface area contributed by atoms with Crippen molar-refractivity contribution in [2.75, 3.05) is 40.6 Å². The van der Waals surface area contributed by atoms with E-state index in [0.29, 0.717) is 54.0 Å². The normalized spacial score (nSPS) is 12.3. The fraction of sp³-hybridized carbons (Fsp3) is 0.304. The summed E-state index contributed by atoms with van der Waals surface area (Å²) in [6.07, 6.45) is 3.33. The van der Waals surface area contributed by atoms with E-state index in [9.17, 15) is 9.59 Å². The van der Waals surface area contributed by atoms with Gasteiger partial charge in [-0.15, -0.1) is 0 Å². The molecule has 2 aromatic carbocycles. The summed E-state index contributed by atoms with van der Waals surface area (Å²) in [4.78, 5) is 23.8. The van der Waals surface area contributed by atoms with Crippen LogP contribution in [0.15, 0.2) is 36.4 Å². The first-order chi connectivity index (χ1) is 15.5. The Balaban J connectivity index is 1.42. The van der Waals surface area contributed by atoms with Crippen LogP contribution in [0.3, 0.4) is 0 Å². The Kier molecular flexibility index (Phi) is 8.21. The molecule has 0 spiro atoms. The summed E-state index contributed by atoms with van der Waals surface area (Å²) in [6, 6.07) is 8.96. The lowest BCUT2D eigenvalue weighted by molar-refractivity contribution is -0.143. The van der Waals surface area contributed by atoms with Crippen molar-refractivity contribution in [1.82, 2.24) is 5.32 Å². The predicted molar refractivity (Wildman–Crippen MR) is 119 cm³/mol. The van der Waals surface area contributed by atoms with Crippen molar-refractivity contribution in [1.29, 1.82) is 0 Å². The zero-order valence-electron chi connectivity index (χ0n) is 17.8. The summed E-state index contributed by atoms with van der Waals surface area (Å²) in [7, 11) is 2.97. The number of fused-ring (bicyclic) bond motifs is 1. The van der Waals surface area contributed by atoms with E-state index in [4.69, 9.17) is 35.3 Å². The molecule has 2 aromatic rings. The Morgan fingerprint density at radius 1 is 1.09 bits per heavy atom. The van der Waals surface area contributed by atoms with E-state index in [1.165, 1.54) is 26.4 Å². The molecule has 9 heteroatoms. The molecule has 0 saturated carbocycles. The number of nitrogens with one attached hydrogen (secondary N) is 1. The van der Waals surface area contributed by atoms with E-state index in [1.807, 2.05) is 18.2 Å². The number of carbonyl (C=O) groups is 2. The van der Waals surface area contributed by atoms with E-state index < -0.39 is 11.9 Å². The van der Waals surface area contributed by atoms with Gasteiger partial charge in [-0.25, -0.2) is 4.79 Å². The summed E-state index contributed by atoms with van der Waals surface area (Å²) in [5.74, 6) is 1.22. The third-order valence-corrected chi connectivity index (χ3v) is 4.84. The van der Waals surface area contributed by atoms with Crippen LogP contribution in [-0.4, -0.2) is 52.5 Å². The number of benzene rings is 2. The molecule has 0 aliphatic carbocycles. The zero-order valence-corrected chi connectivity index (χ0v) is 18.6. The van der Waals surface area contributed by atoms with Gasteiger partial charge in [0, 0.05) is 12.6 Å². The van der Waals surface area contributed by atoms with Crippen LogP contribution in [0, 0.1) is 0 Å². The minimum absolute atomic E-state index is 0.345. The largest absolute Gasteiger partial charge is 0.493 e. The molecule has 1 N–H and O–H groups in total. The minimum Gasteiger partial charge on any atom is -0.493 e. The van der Waals surface area contributed by atoms with Crippen LogP contribution in [0.25, 0.3) is 6.08 Å². The van der Waals surface area contributed by atoms with Crippen LogP contribution in [0.2, 0.25) is 5.02 Å². The Morgan fingerprint density at radius 3 is 2.62 bits per heavy atom. The van der Waals surface area contributed by atoms with Crippen molar-refractivity contribution < 1.29 is 33.3 Å². The van der Waals surface area contributed by atoms with Crippen LogP contribution < -0.4 is 24.3 Å². The molecule has 32 heavy (non-hydrogen) atoms. The molecule has 170 valence electrons. The highest BCUT2D eigenvalue weighted by atomic mass is 35.5. The Bertz CT molecular complexity index is 1010. The number of ether oxygens (including phenoxy) is 5. The minimum atomic E-state index is -0.655. The van der Waals surface area contributed by atoms with Crippen LogP contribution in [-0.2, 0) is 20.7 Å². The Morgan fingerprint density at radius 2 is 1.88 bits per heavy atom. The third kappa shape index (κ3) is 6.31. The highest BCUT2D eigenvalue weighted by molar-refractivity contribution is 6.32. The smallest absolute Gasteiger partial charge is 0.331 e. The number of carbonyl (C=O) groups excluding carboxylic acids is 2. The fourth-order valence-corrected chi connectivity index (χ4v) is 3.32. The molecular formula is C23H24ClNO7. The predicted octanol–water partition coefficient (Wildman–Crippen LogP) is 3.04. The molecular weight excluding hydrogens is 438 g/mol. The van der Waals surface area contributed by atoms with Gasteiger partial charge < -0.3 is 29.0 Å². The van der Waals surface area contributed by atoms with Gasteiger partial charge in [0.15, 0.2) is 29.6 Å². The molecule has 0 atom stereocenters. The highest BCUT2D eigenvalue weighted by Gasteiger charge is 2.12. The van der Waals surface area contributed by atoms with Gasteiger partial charge in [0.25, 0.3) is 5.91 Å². The highest BCUT2D eigenvalue weighted by Crippen LogP contribution is 2.36. The Labute approximate surface area is 191 Å². The van der Waals surface area contributed by atoms with E-state index in [-0.39, 0.29) is 6.61 Å². The molecule has 0 bridgehead atoms. The van der Waals surface area contributed by atoms with Crippen molar-refractivity contribution in [2.24, 2.45) is 0 Å². The van der Waals surface area contributed by atoms with E-state index in [2.05, 4.69) is 5.32 Å². The molecule has 0 saturated heterocycles. The quantitative estimate of drug-likeness (QED) is 0.453. The maximum absolute atomic E-state index is 11.9. The standard InChI is InChI=1S/C23H24ClNO7/c1-28-20-13-16(11-17(24)23(20)29-2)4-6-22(27)32-14-21(26)25-8-7-15-3-5-18-19(12-15)31-10-9-30-18/h3-6,11-13H,7-10,14H2,1-2H3,(H,25,26)/b6-4-. The van der Waals surface area contributed by atoms with Gasteiger partial charge in [-0.1, -0.05) is 17.7 Å². The summed E-state index contributed by atoms with van der Waals surface area (Å²) in [5.41, 5.74) is 1.62. The molecule has 1 heterocycles. The number of hydrogen-bond acceptors (Lipinski definition) is 7. The number of rotatable bonds is 9. The molecule has 1 aliphatic heterocycles. The second-order valence-electron chi connectivity index (χ2n) is 6.76. The second kappa shape index (κ2) is 11.3. The van der Waals surface area contributed by atoms with Gasteiger partial charge in [0.05, 0.1) is 19.2 Å². The third-order valence-electron chi connectivity index (χ3n) is 4.56. The van der Waals surface area contributed by atoms with Crippen molar-refractivity contribution in [2.45, 2.75) is 6.42 Å². The van der Waals surface area contributed by atoms with Gasteiger partial charge in [-0.2, -0.15) is 0 Å². The number of amides is 1. The maximum Gasteiger partial charge on any atom is 0.331 e. The van der Waals surface area contributed by atoms with Crippen LogP contribution in [0.4, 0.5) is 0 Å². The monoisotopic (exact) mass is 461 g/mol. The van der Waals surface area contributed by atoms with E-state index >= 15 is 0 Å². The molecule has 0 fully saturated rings. The van der Waals surface area contributed by atoms with Crippen LogP contribution in [0.1, 0.15) is 11.1 Å². The average Bonchev–Trinajstić information content (AvgIpc) is 2.80. The lowest BCUT2D eigenvalue weighted by atomic mass is 10.1. The molecule has 0 unspecified atom stereocenters. The number of halogens is 1. The van der Waals surface area contributed by atoms with E-state index in [0.717, 1.165) is 11.3 Å². The van der Waals surface area contributed by atoms with Crippen molar-refractivity contribution in [3.8, 4) is 23.0 Å². The first kappa shape index (κ1) is 23.3. The fourth-order valence-electron chi connectivity index (χ4n) is 3.02. The van der Waals surface area contributed by atoms with Gasteiger partial charge in [0.2, 0.25) is 0 Å². The first-order valence-corrected chi connectivity index (χ1v) is 10.3. The number of esters is 1. The maximum atomic E-state index is 11.9. The average molecular weight is 462 g/mol. The van der Waals surface area contributed by atoms with Gasteiger partial charge in [0.1, 0.15) is 13.2 Å². The van der Waals surface area contributed by atoms with Crippen molar-refractivity contribution in [3.05, 3.63) is 52.6 Å². The molecule has 1 amide bonds. The topological polar surface area (TPSA) is 92.3 Å².